The fourth-order valence-corrected chi connectivity index (χ4v) is 2.36. The number of amides is 1. The number of nitrogens with zero attached hydrogens (tertiary/aromatic N) is 3. The number of rotatable bonds is 4. The van der Waals surface area contributed by atoms with Gasteiger partial charge in [0.05, 0.1) is 10.6 Å². The Balaban J connectivity index is 1.81. The highest BCUT2D eigenvalue weighted by Gasteiger charge is 2.15. The molecule has 1 amide bonds. The summed E-state index contributed by atoms with van der Waals surface area (Å²) in [6.45, 7) is 0. The number of phenolic OH excluding ortho intramolecular Hbond substituents is 1. The number of aromatic nitrogens is 2. The summed E-state index contributed by atoms with van der Waals surface area (Å²) in [5.74, 6) is 0.223. The number of aromatic amines is 1. The lowest BCUT2D eigenvalue weighted by Gasteiger charge is -2.00. The van der Waals surface area contributed by atoms with E-state index in [1.165, 1.54) is 23.5 Å². The number of nitrogens with two attached hydrogens (primary N) is 1. The number of thiophene rings is 1. The van der Waals surface area contributed by atoms with Gasteiger partial charge in [-0.1, -0.05) is 6.07 Å². The SMILES string of the molecule is Nc1[nH]nc(NC(=O)c2cccs2)c1N=Nc1ccc(O)cc1. The largest absolute Gasteiger partial charge is 0.508 e. The molecule has 5 N–H and O–H groups in total. The highest BCUT2D eigenvalue weighted by Crippen LogP contribution is 2.31. The molecule has 116 valence electrons. The van der Waals surface area contributed by atoms with Gasteiger partial charge in [-0.3, -0.25) is 9.89 Å². The number of azo groups is 1. The smallest absolute Gasteiger partial charge is 0.266 e. The first-order valence-electron chi connectivity index (χ1n) is 6.53. The first-order valence-corrected chi connectivity index (χ1v) is 7.41. The number of hydrogen-bond acceptors (Lipinski definition) is 7. The van der Waals surface area contributed by atoms with Gasteiger partial charge in [-0.2, -0.15) is 10.2 Å². The lowest BCUT2D eigenvalue weighted by molar-refractivity contribution is 0.103. The van der Waals surface area contributed by atoms with E-state index in [9.17, 15) is 9.90 Å². The Morgan fingerprint density at radius 1 is 1.26 bits per heavy atom. The number of H-pyrrole nitrogens is 1. The maximum atomic E-state index is 12.1. The van der Waals surface area contributed by atoms with Crippen LogP contribution in [0.2, 0.25) is 0 Å². The van der Waals surface area contributed by atoms with Crippen molar-refractivity contribution in [2.24, 2.45) is 10.2 Å². The van der Waals surface area contributed by atoms with Gasteiger partial charge in [-0.05, 0) is 35.7 Å². The van der Waals surface area contributed by atoms with Gasteiger partial charge in [0.25, 0.3) is 5.91 Å². The minimum absolute atomic E-state index is 0.135. The van der Waals surface area contributed by atoms with Gasteiger partial charge in [0.15, 0.2) is 11.5 Å². The second-order valence-electron chi connectivity index (χ2n) is 4.48. The fraction of sp³-hybridized carbons (Fsp3) is 0. The maximum absolute atomic E-state index is 12.1. The maximum Gasteiger partial charge on any atom is 0.266 e. The molecule has 0 bridgehead atoms. The minimum Gasteiger partial charge on any atom is -0.508 e. The van der Waals surface area contributed by atoms with Crippen molar-refractivity contribution in [2.45, 2.75) is 0 Å². The third-order valence-electron chi connectivity index (χ3n) is 2.86. The molecule has 1 aromatic carbocycles. The average molecular weight is 328 g/mol. The van der Waals surface area contributed by atoms with E-state index in [0.29, 0.717) is 10.6 Å². The molecule has 0 fully saturated rings. The molecular formula is C14H12N6O2S. The predicted octanol–water partition coefficient (Wildman–Crippen LogP) is 3.43. The van der Waals surface area contributed by atoms with Crippen molar-refractivity contribution < 1.29 is 9.90 Å². The zero-order valence-electron chi connectivity index (χ0n) is 11.7. The molecule has 0 saturated heterocycles. The molecule has 0 aliphatic heterocycles. The Hall–Kier alpha value is -3.20. The van der Waals surface area contributed by atoms with E-state index in [0.717, 1.165) is 0 Å². The van der Waals surface area contributed by atoms with Gasteiger partial charge in [0.2, 0.25) is 0 Å². The topological polar surface area (TPSA) is 129 Å². The Bertz CT molecular complexity index is 839. The third kappa shape index (κ3) is 3.35. The molecule has 0 atom stereocenters. The molecule has 8 nitrogen and oxygen atoms in total. The number of benzene rings is 1. The molecule has 3 aromatic rings. The minimum atomic E-state index is -0.299. The number of aromatic hydroxyl groups is 1. The highest BCUT2D eigenvalue weighted by molar-refractivity contribution is 7.12. The number of anilines is 2. The Kier molecular flexibility index (Phi) is 4.02. The Morgan fingerprint density at radius 2 is 2.04 bits per heavy atom. The number of nitrogen functional groups attached to an aromatic ring is 1. The molecule has 3 rings (SSSR count). The summed E-state index contributed by atoms with van der Waals surface area (Å²) in [5.41, 5.74) is 6.53. The van der Waals surface area contributed by atoms with Crippen LogP contribution in [0.3, 0.4) is 0 Å². The second kappa shape index (κ2) is 6.28. The van der Waals surface area contributed by atoms with E-state index in [1.54, 1.807) is 29.6 Å². The van der Waals surface area contributed by atoms with Crippen molar-refractivity contribution in [1.29, 1.82) is 0 Å². The molecule has 0 aliphatic carbocycles. The molecule has 2 aromatic heterocycles. The summed E-state index contributed by atoms with van der Waals surface area (Å²) in [6, 6.07) is 9.66. The number of carbonyl (C=O) groups excluding carboxylic acids is 1. The normalized spacial score (nSPS) is 11.0. The van der Waals surface area contributed by atoms with Gasteiger partial charge in [-0.15, -0.1) is 16.5 Å². The highest BCUT2D eigenvalue weighted by atomic mass is 32.1. The van der Waals surface area contributed by atoms with E-state index in [4.69, 9.17) is 5.73 Å². The van der Waals surface area contributed by atoms with Crippen LogP contribution < -0.4 is 11.1 Å². The summed E-state index contributed by atoms with van der Waals surface area (Å²) < 4.78 is 0. The molecular weight excluding hydrogens is 316 g/mol. The summed E-state index contributed by atoms with van der Waals surface area (Å²) >= 11 is 1.32. The lowest BCUT2D eigenvalue weighted by Crippen LogP contribution is -2.10. The second-order valence-corrected chi connectivity index (χ2v) is 5.43. The van der Waals surface area contributed by atoms with Crippen molar-refractivity contribution in [3.05, 3.63) is 46.7 Å². The molecule has 0 unspecified atom stereocenters. The lowest BCUT2D eigenvalue weighted by atomic mass is 10.3. The van der Waals surface area contributed by atoms with Crippen LogP contribution in [-0.4, -0.2) is 21.2 Å². The summed E-state index contributed by atoms with van der Waals surface area (Å²) in [5, 5.41) is 28.2. The number of hydrogen-bond donors (Lipinski definition) is 4. The first-order chi connectivity index (χ1) is 11.1. The van der Waals surface area contributed by atoms with Gasteiger partial charge in [-0.25, -0.2) is 0 Å². The molecule has 2 heterocycles. The van der Waals surface area contributed by atoms with E-state index in [-0.39, 0.29) is 29.0 Å². The van der Waals surface area contributed by atoms with Crippen LogP contribution in [0.4, 0.5) is 23.0 Å². The Morgan fingerprint density at radius 3 is 2.74 bits per heavy atom. The van der Waals surface area contributed by atoms with Crippen LogP contribution in [0, 0.1) is 0 Å². The average Bonchev–Trinajstić information content (AvgIpc) is 3.18. The summed E-state index contributed by atoms with van der Waals surface area (Å²) in [7, 11) is 0. The van der Waals surface area contributed by atoms with Gasteiger partial charge >= 0.3 is 0 Å². The molecule has 0 aliphatic rings. The van der Waals surface area contributed by atoms with Crippen LogP contribution in [0.25, 0.3) is 0 Å². The van der Waals surface area contributed by atoms with E-state index < -0.39 is 0 Å². The van der Waals surface area contributed by atoms with E-state index >= 15 is 0 Å². The van der Waals surface area contributed by atoms with Crippen molar-refractivity contribution >= 4 is 40.3 Å². The molecule has 23 heavy (non-hydrogen) atoms. The van der Waals surface area contributed by atoms with Crippen molar-refractivity contribution in [1.82, 2.24) is 10.2 Å². The van der Waals surface area contributed by atoms with E-state index in [1.807, 2.05) is 0 Å². The van der Waals surface area contributed by atoms with Crippen LogP contribution >= 0.6 is 11.3 Å². The van der Waals surface area contributed by atoms with Crippen molar-refractivity contribution in [3.63, 3.8) is 0 Å². The molecule has 9 heteroatoms. The monoisotopic (exact) mass is 328 g/mol. The number of phenols is 1. The van der Waals surface area contributed by atoms with Crippen LogP contribution in [0.15, 0.2) is 52.0 Å². The van der Waals surface area contributed by atoms with Gasteiger partial charge < -0.3 is 16.2 Å². The molecule has 0 spiro atoms. The van der Waals surface area contributed by atoms with Crippen LogP contribution in [-0.2, 0) is 0 Å². The van der Waals surface area contributed by atoms with Crippen molar-refractivity contribution in [3.8, 4) is 5.75 Å². The zero-order valence-corrected chi connectivity index (χ0v) is 12.5. The summed E-state index contributed by atoms with van der Waals surface area (Å²) in [6.07, 6.45) is 0. The third-order valence-corrected chi connectivity index (χ3v) is 3.73. The standard InChI is InChI=1S/C14H12N6O2S/c15-12-11(18-17-8-3-5-9(21)6-4-8)13(20-19-12)16-14(22)10-2-1-7-23-10/h1-7,21H,(H4,15,16,19,20,22). The van der Waals surface area contributed by atoms with Crippen LogP contribution in [0.5, 0.6) is 5.75 Å². The predicted molar refractivity (Wildman–Crippen MR) is 87.6 cm³/mol. The Labute approximate surface area is 134 Å². The quantitative estimate of drug-likeness (QED) is 0.547. The number of nitrogens with one attached hydrogen (secondary N) is 2. The van der Waals surface area contributed by atoms with Crippen molar-refractivity contribution in [2.75, 3.05) is 11.1 Å². The van der Waals surface area contributed by atoms with Gasteiger partial charge in [0, 0.05) is 0 Å². The number of carbonyl (C=O) groups is 1. The summed E-state index contributed by atoms with van der Waals surface area (Å²) in [4.78, 5) is 12.6. The van der Waals surface area contributed by atoms with Crippen LogP contribution in [0.1, 0.15) is 9.67 Å². The first kappa shape index (κ1) is 14.7. The molecule has 0 radical (unpaired) electrons. The van der Waals surface area contributed by atoms with E-state index in [2.05, 4.69) is 25.7 Å². The van der Waals surface area contributed by atoms with Gasteiger partial charge in [0.1, 0.15) is 11.6 Å². The fourth-order valence-electron chi connectivity index (χ4n) is 1.74. The zero-order chi connectivity index (χ0) is 16.2. The molecule has 0 saturated carbocycles.